The average molecular weight is 443 g/mol. The minimum absolute atomic E-state index is 0.168. The van der Waals surface area contributed by atoms with Gasteiger partial charge in [-0.15, -0.1) is 0 Å². The molecule has 2 aliphatic rings. The first kappa shape index (κ1) is 21.2. The van der Waals surface area contributed by atoms with E-state index in [0.29, 0.717) is 61.1 Å². The van der Waals surface area contributed by atoms with Gasteiger partial charge in [0.2, 0.25) is 0 Å². The fraction of sp³-hybridized carbons (Fsp3) is 0.259. The summed E-state index contributed by atoms with van der Waals surface area (Å²) in [6, 6.07) is 20.1. The highest BCUT2D eigenvalue weighted by Gasteiger charge is 2.29. The van der Waals surface area contributed by atoms with Crippen molar-refractivity contribution in [3.05, 3.63) is 94.5 Å². The number of ether oxygens (including phenoxy) is 3. The van der Waals surface area contributed by atoms with Gasteiger partial charge < -0.3 is 19.1 Å². The second-order valence-electron chi connectivity index (χ2n) is 8.20. The first-order valence-corrected chi connectivity index (χ1v) is 11.1. The molecule has 0 saturated carbocycles. The molecule has 0 N–H and O–H groups in total. The molecular weight excluding hydrogens is 418 g/mol. The van der Waals surface area contributed by atoms with Crippen molar-refractivity contribution < 1.29 is 23.8 Å². The highest BCUT2D eigenvalue weighted by molar-refractivity contribution is 6.15. The third-order valence-corrected chi connectivity index (χ3v) is 6.10. The molecule has 0 aliphatic carbocycles. The van der Waals surface area contributed by atoms with Crippen molar-refractivity contribution in [2.24, 2.45) is 0 Å². The number of carbonyl (C=O) groups excluding carboxylic acids is 2. The summed E-state index contributed by atoms with van der Waals surface area (Å²) in [6.07, 6.45) is -0.190. The maximum absolute atomic E-state index is 13.5. The van der Waals surface area contributed by atoms with Gasteiger partial charge in [0.1, 0.15) is 19.3 Å². The fourth-order valence-corrected chi connectivity index (χ4v) is 4.35. The smallest absolute Gasteiger partial charge is 0.254 e. The topological polar surface area (TPSA) is 65.1 Å². The minimum Gasteiger partial charge on any atom is -0.486 e. The Labute approximate surface area is 192 Å². The van der Waals surface area contributed by atoms with Gasteiger partial charge in [-0.05, 0) is 42.3 Å². The van der Waals surface area contributed by atoms with Crippen molar-refractivity contribution in [3.63, 3.8) is 0 Å². The van der Waals surface area contributed by atoms with Gasteiger partial charge in [0.05, 0.1) is 18.7 Å². The number of hydrogen-bond donors (Lipinski definition) is 0. The van der Waals surface area contributed by atoms with Crippen LogP contribution in [0.3, 0.4) is 0 Å². The number of amides is 1. The van der Waals surface area contributed by atoms with Crippen molar-refractivity contribution in [2.45, 2.75) is 13.0 Å². The fourth-order valence-electron chi connectivity index (χ4n) is 4.35. The van der Waals surface area contributed by atoms with E-state index in [1.807, 2.05) is 31.2 Å². The summed E-state index contributed by atoms with van der Waals surface area (Å²) < 4.78 is 17.1. The van der Waals surface area contributed by atoms with Gasteiger partial charge in [0.15, 0.2) is 17.3 Å². The van der Waals surface area contributed by atoms with Crippen molar-refractivity contribution in [3.8, 4) is 11.5 Å². The van der Waals surface area contributed by atoms with E-state index in [1.54, 1.807) is 47.4 Å². The standard InChI is InChI=1S/C27H25NO5/c1-18-6-2-3-7-20(18)25-17-28(12-13-31-25)27(30)22-9-5-4-8-21(22)26(29)19-10-11-23-24(16-19)33-15-14-32-23/h2-11,16,25H,12-15,17H2,1H3. The molecule has 1 unspecified atom stereocenters. The van der Waals surface area contributed by atoms with E-state index in [1.165, 1.54) is 0 Å². The van der Waals surface area contributed by atoms with Crippen LogP contribution >= 0.6 is 0 Å². The number of ketones is 1. The molecule has 3 aromatic rings. The largest absolute Gasteiger partial charge is 0.486 e. The van der Waals surface area contributed by atoms with Gasteiger partial charge in [0.25, 0.3) is 5.91 Å². The predicted octanol–water partition coefficient (Wildman–Crippen LogP) is 4.21. The molecule has 2 aliphatic heterocycles. The third-order valence-electron chi connectivity index (χ3n) is 6.10. The number of hydrogen-bond acceptors (Lipinski definition) is 5. The second kappa shape index (κ2) is 9.08. The van der Waals surface area contributed by atoms with Gasteiger partial charge in [0, 0.05) is 17.7 Å². The number of rotatable bonds is 4. The van der Waals surface area contributed by atoms with Gasteiger partial charge in [-0.3, -0.25) is 9.59 Å². The molecule has 3 aromatic carbocycles. The Kier molecular flexibility index (Phi) is 5.84. The molecule has 33 heavy (non-hydrogen) atoms. The molecule has 1 fully saturated rings. The van der Waals surface area contributed by atoms with E-state index in [0.717, 1.165) is 11.1 Å². The average Bonchev–Trinajstić information content (AvgIpc) is 2.88. The Balaban J connectivity index is 1.41. The Morgan fingerprint density at radius 1 is 0.848 bits per heavy atom. The minimum atomic E-state index is -0.223. The molecule has 6 nitrogen and oxygen atoms in total. The Bertz CT molecular complexity index is 1200. The lowest BCUT2D eigenvalue weighted by Crippen LogP contribution is -2.42. The van der Waals surface area contributed by atoms with E-state index in [2.05, 4.69) is 0 Å². The second-order valence-corrected chi connectivity index (χ2v) is 8.20. The van der Waals surface area contributed by atoms with E-state index in [-0.39, 0.29) is 17.8 Å². The number of aryl methyl sites for hydroxylation is 1. The van der Waals surface area contributed by atoms with Crippen molar-refractivity contribution >= 4 is 11.7 Å². The summed E-state index contributed by atoms with van der Waals surface area (Å²) in [7, 11) is 0. The molecule has 6 heteroatoms. The van der Waals surface area contributed by atoms with Gasteiger partial charge in [-0.2, -0.15) is 0 Å². The zero-order valence-corrected chi connectivity index (χ0v) is 18.5. The van der Waals surface area contributed by atoms with Crippen LogP contribution in [0.2, 0.25) is 0 Å². The summed E-state index contributed by atoms with van der Waals surface area (Å²) in [5, 5.41) is 0. The highest BCUT2D eigenvalue weighted by Crippen LogP contribution is 2.32. The van der Waals surface area contributed by atoms with Crippen LogP contribution in [-0.4, -0.2) is 49.5 Å². The zero-order valence-electron chi connectivity index (χ0n) is 18.5. The molecule has 0 radical (unpaired) electrons. The SMILES string of the molecule is Cc1ccccc1C1CN(C(=O)c2ccccc2C(=O)c2ccc3c(c2)OCCO3)CCO1. The summed E-state index contributed by atoms with van der Waals surface area (Å²) in [6.45, 7) is 4.34. The zero-order chi connectivity index (χ0) is 22.8. The lowest BCUT2D eigenvalue weighted by atomic mass is 9.96. The van der Waals surface area contributed by atoms with Crippen molar-refractivity contribution in [2.75, 3.05) is 32.9 Å². The van der Waals surface area contributed by atoms with Crippen LogP contribution in [0.25, 0.3) is 0 Å². The molecule has 1 saturated heterocycles. The van der Waals surface area contributed by atoms with Crippen LogP contribution in [0, 0.1) is 6.92 Å². The number of benzene rings is 3. The molecule has 168 valence electrons. The van der Waals surface area contributed by atoms with Gasteiger partial charge in [-0.1, -0.05) is 42.5 Å². The molecule has 5 rings (SSSR count). The van der Waals surface area contributed by atoms with Gasteiger partial charge >= 0.3 is 0 Å². The molecule has 1 atom stereocenters. The monoisotopic (exact) mass is 443 g/mol. The Morgan fingerprint density at radius 2 is 1.58 bits per heavy atom. The molecule has 0 bridgehead atoms. The normalized spacial score (nSPS) is 17.5. The Morgan fingerprint density at radius 3 is 2.39 bits per heavy atom. The number of nitrogens with zero attached hydrogens (tertiary/aromatic N) is 1. The van der Waals surface area contributed by atoms with E-state index < -0.39 is 0 Å². The molecule has 0 aromatic heterocycles. The van der Waals surface area contributed by atoms with E-state index in [4.69, 9.17) is 14.2 Å². The Hall–Kier alpha value is -3.64. The van der Waals surface area contributed by atoms with E-state index >= 15 is 0 Å². The molecular formula is C27H25NO5. The number of carbonyl (C=O) groups is 2. The number of morpholine rings is 1. The number of fused-ring (bicyclic) bond motifs is 1. The highest BCUT2D eigenvalue weighted by atomic mass is 16.6. The summed E-state index contributed by atoms with van der Waals surface area (Å²) >= 11 is 0. The third kappa shape index (κ3) is 4.22. The van der Waals surface area contributed by atoms with Crippen molar-refractivity contribution in [1.82, 2.24) is 4.90 Å². The summed E-state index contributed by atoms with van der Waals surface area (Å²) in [5.41, 5.74) is 3.43. The molecule has 0 spiro atoms. The van der Waals surface area contributed by atoms with Crippen LogP contribution in [0.1, 0.15) is 43.5 Å². The van der Waals surface area contributed by atoms with Crippen LogP contribution in [0.4, 0.5) is 0 Å². The van der Waals surface area contributed by atoms with Crippen LogP contribution < -0.4 is 9.47 Å². The van der Waals surface area contributed by atoms with Crippen molar-refractivity contribution in [1.29, 1.82) is 0 Å². The van der Waals surface area contributed by atoms with Gasteiger partial charge in [-0.25, -0.2) is 0 Å². The maximum atomic E-state index is 13.5. The van der Waals surface area contributed by atoms with E-state index in [9.17, 15) is 9.59 Å². The summed E-state index contributed by atoms with van der Waals surface area (Å²) in [5.74, 6) is 0.779. The predicted molar refractivity (Wildman–Crippen MR) is 123 cm³/mol. The lowest BCUT2D eigenvalue weighted by molar-refractivity contribution is -0.0231. The maximum Gasteiger partial charge on any atom is 0.254 e. The van der Waals surface area contributed by atoms with Crippen LogP contribution in [0.5, 0.6) is 11.5 Å². The van der Waals surface area contributed by atoms with Crippen LogP contribution in [0.15, 0.2) is 66.7 Å². The molecule has 1 amide bonds. The lowest BCUT2D eigenvalue weighted by Gasteiger charge is -2.34. The summed E-state index contributed by atoms with van der Waals surface area (Å²) in [4.78, 5) is 28.7. The first-order valence-electron chi connectivity index (χ1n) is 11.1. The van der Waals surface area contributed by atoms with Crippen LogP contribution in [-0.2, 0) is 4.74 Å². The quantitative estimate of drug-likeness (QED) is 0.565. The first-order chi connectivity index (χ1) is 16.1. The molecule has 2 heterocycles.